The van der Waals surface area contributed by atoms with Crippen LogP contribution in [0.1, 0.15) is 10.4 Å². The first-order valence-corrected chi connectivity index (χ1v) is 6.85. The Labute approximate surface area is 130 Å². The predicted octanol–water partition coefficient (Wildman–Crippen LogP) is 3.11. The summed E-state index contributed by atoms with van der Waals surface area (Å²) in [6.45, 7) is 0.497. The molecule has 0 atom stereocenters. The number of carbonyl (C=O) groups is 2. The second kappa shape index (κ2) is 5.68. The maximum absolute atomic E-state index is 13.8. The number of aromatic carboxylic acids is 1. The first-order valence-electron chi connectivity index (χ1n) is 6.85. The van der Waals surface area contributed by atoms with Crippen LogP contribution in [0.15, 0.2) is 42.5 Å². The van der Waals surface area contributed by atoms with Gasteiger partial charge < -0.3 is 5.11 Å². The molecule has 0 radical (unpaired) electrons. The number of nitrogens with zero attached hydrogens (tertiary/aromatic N) is 2. The van der Waals surface area contributed by atoms with Crippen molar-refractivity contribution < 1.29 is 23.5 Å². The summed E-state index contributed by atoms with van der Waals surface area (Å²) < 4.78 is 26.8. The molecule has 0 aliphatic carbocycles. The minimum Gasteiger partial charge on any atom is -0.478 e. The van der Waals surface area contributed by atoms with E-state index in [0.29, 0.717) is 5.69 Å². The Kier molecular flexibility index (Phi) is 3.69. The number of hydrogen-bond acceptors (Lipinski definition) is 2. The van der Waals surface area contributed by atoms with Gasteiger partial charge in [0.2, 0.25) is 0 Å². The summed E-state index contributed by atoms with van der Waals surface area (Å²) in [4.78, 5) is 26.0. The van der Waals surface area contributed by atoms with Crippen LogP contribution in [0.3, 0.4) is 0 Å². The third-order valence-corrected chi connectivity index (χ3v) is 3.61. The van der Waals surface area contributed by atoms with Crippen molar-refractivity contribution in [3.05, 3.63) is 59.7 Å². The first-order chi connectivity index (χ1) is 11.0. The molecule has 1 heterocycles. The molecule has 7 heteroatoms. The number of benzene rings is 2. The van der Waals surface area contributed by atoms with Crippen molar-refractivity contribution in [1.29, 1.82) is 0 Å². The molecule has 118 valence electrons. The van der Waals surface area contributed by atoms with Crippen LogP contribution in [-0.2, 0) is 0 Å². The smallest absolute Gasteiger partial charge is 0.335 e. The largest absolute Gasteiger partial charge is 0.478 e. The number of halogens is 2. The van der Waals surface area contributed by atoms with Gasteiger partial charge in [0.1, 0.15) is 11.6 Å². The molecule has 5 nitrogen and oxygen atoms in total. The maximum atomic E-state index is 13.8. The van der Waals surface area contributed by atoms with Crippen molar-refractivity contribution in [2.45, 2.75) is 0 Å². The number of hydrogen-bond donors (Lipinski definition) is 1. The molecular weight excluding hydrogens is 306 g/mol. The number of carbonyl (C=O) groups excluding carboxylic acids is 1. The van der Waals surface area contributed by atoms with Gasteiger partial charge in [-0.1, -0.05) is 6.07 Å². The third kappa shape index (κ3) is 2.73. The van der Waals surface area contributed by atoms with Crippen molar-refractivity contribution in [3.8, 4) is 0 Å². The number of anilines is 2. The van der Waals surface area contributed by atoms with Gasteiger partial charge in [-0.15, -0.1) is 0 Å². The standard InChI is InChI=1S/C16H12F2N2O3/c17-11-4-5-14(13(18)9-11)20-7-6-19(16(20)23)12-3-1-2-10(8-12)15(21)22/h1-5,8-9H,6-7H2,(H,21,22). The summed E-state index contributed by atoms with van der Waals surface area (Å²) in [5.74, 6) is -2.64. The zero-order valence-corrected chi connectivity index (χ0v) is 11.9. The second-order valence-electron chi connectivity index (χ2n) is 5.04. The van der Waals surface area contributed by atoms with Crippen molar-refractivity contribution in [1.82, 2.24) is 0 Å². The monoisotopic (exact) mass is 318 g/mol. The lowest BCUT2D eigenvalue weighted by Gasteiger charge is -2.19. The summed E-state index contributed by atoms with van der Waals surface area (Å²) in [7, 11) is 0. The van der Waals surface area contributed by atoms with E-state index in [1.165, 1.54) is 34.1 Å². The minimum absolute atomic E-state index is 0.00621. The van der Waals surface area contributed by atoms with Gasteiger partial charge in [-0.2, -0.15) is 0 Å². The lowest BCUT2D eigenvalue weighted by molar-refractivity contribution is 0.0697. The number of amides is 2. The molecule has 1 fully saturated rings. The highest BCUT2D eigenvalue weighted by Crippen LogP contribution is 2.28. The number of urea groups is 1. The second-order valence-corrected chi connectivity index (χ2v) is 5.04. The Bertz CT molecular complexity index is 795. The van der Waals surface area contributed by atoms with Crippen LogP contribution in [0.4, 0.5) is 25.0 Å². The fourth-order valence-corrected chi connectivity index (χ4v) is 2.51. The van der Waals surface area contributed by atoms with Crippen LogP contribution in [0, 0.1) is 11.6 Å². The average Bonchev–Trinajstić information content (AvgIpc) is 2.89. The molecule has 3 rings (SSSR count). The van der Waals surface area contributed by atoms with E-state index in [9.17, 15) is 18.4 Å². The fourth-order valence-electron chi connectivity index (χ4n) is 2.51. The predicted molar refractivity (Wildman–Crippen MR) is 79.8 cm³/mol. The summed E-state index contributed by atoms with van der Waals surface area (Å²) in [5, 5.41) is 9.01. The Morgan fingerprint density at radius 3 is 2.48 bits per heavy atom. The Hall–Kier alpha value is -2.96. The van der Waals surface area contributed by atoms with Crippen LogP contribution < -0.4 is 9.80 Å². The van der Waals surface area contributed by atoms with E-state index in [1.54, 1.807) is 6.07 Å². The van der Waals surface area contributed by atoms with Gasteiger partial charge >= 0.3 is 12.0 Å². The van der Waals surface area contributed by atoms with E-state index >= 15 is 0 Å². The molecule has 2 amide bonds. The fraction of sp³-hybridized carbons (Fsp3) is 0.125. The van der Waals surface area contributed by atoms with E-state index in [2.05, 4.69) is 0 Å². The van der Waals surface area contributed by atoms with Crippen molar-refractivity contribution in [2.75, 3.05) is 22.9 Å². The lowest BCUT2D eigenvalue weighted by Crippen LogP contribution is -2.32. The van der Waals surface area contributed by atoms with Gasteiger partial charge in [0.15, 0.2) is 0 Å². The van der Waals surface area contributed by atoms with Gasteiger partial charge in [0.25, 0.3) is 0 Å². The highest BCUT2D eigenvalue weighted by molar-refractivity contribution is 6.06. The highest BCUT2D eigenvalue weighted by atomic mass is 19.1. The quantitative estimate of drug-likeness (QED) is 0.946. The molecule has 2 aromatic rings. The molecule has 1 aliphatic rings. The summed E-state index contributed by atoms with van der Waals surface area (Å²) in [6, 6.07) is 8.46. The Balaban J connectivity index is 1.89. The molecule has 1 N–H and O–H groups in total. The highest BCUT2D eigenvalue weighted by Gasteiger charge is 2.32. The number of rotatable bonds is 3. The van der Waals surface area contributed by atoms with Crippen LogP contribution in [-0.4, -0.2) is 30.2 Å². The van der Waals surface area contributed by atoms with Gasteiger partial charge in [0, 0.05) is 24.8 Å². The SMILES string of the molecule is O=C(O)c1cccc(N2CCN(c3ccc(F)cc3F)C2=O)c1. The van der Waals surface area contributed by atoms with E-state index in [0.717, 1.165) is 12.1 Å². The number of carboxylic acid groups (broad SMARTS) is 1. The van der Waals surface area contributed by atoms with Crippen LogP contribution in [0.2, 0.25) is 0 Å². The van der Waals surface area contributed by atoms with E-state index < -0.39 is 23.6 Å². The van der Waals surface area contributed by atoms with Gasteiger partial charge in [-0.05, 0) is 30.3 Å². The van der Waals surface area contributed by atoms with Gasteiger partial charge in [-0.3, -0.25) is 9.80 Å². The normalized spacial score (nSPS) is 14.4. The molecule has 2 aromatic carbocycles. The minimum atomic E-state index is -1.10. The molecule has 0 saturated carbocycles. The maximum Gasteiger partial charge on any atom is 0.335 e. The topological polar surface area (TPSA) is 60.9 Å². The molecule has 0 unspecified atom stereocenters. The summed E-state index contributed by atoms with van der Waals surface area (Å²) in [5.41, 5.74) is 0.468. The third-order valence-electron chi connectivity index (χ3n) is 3.61. The molecule has 1 aliphatic heterocycles. The Morgan fingerprint density at radius 1 is 1.04 bits per heavy atom. The van der Waals surface area contributed by atoms with Crippen LogP contribution >= 0.6 is 0 Å². The molecule has 0 spiro atoms. The van der Waals surface area contributed by atoms with Gasteiger partial charge in [0.05, 0.1) is 11.3 Å². The molecule has 0 bridgehead atoms. The molecular formula is C16H12F2N2O3. The molecule has 1 saturated heterocycles. The van der Waals surface area contributed by atoms with E-state index in [-0.39, 0.29) is 24.3 Å². The van der Waals surface area contributed by atoms with Gasteiger partial charge in [-0.25, -0.2) is 18.4 Å². The summed E-state index contributed by atoms with van der Waals surface area (Å²) >= 11 is 0. The number of carboxylic acids is 1. The van der Waals surface area contributed by atoms with E-state index in [4.69, 9.17) is 5.11 Å². The molecule has 0 aromatic heterocycles. The molecule has 23 heavy (non-hydrogen) atoms. The zero-order valence-electron chi connectivity index (χ0n) is 11.9. The average molecular weight is 318 g/mol. The van der Waals surface area contributed by atoms with E-state index in [1.807, 2.05) is 0 Å². The van der Waals surface area contributed by atoms with Crippen molar-refractivity contribution in [2.24, 2.45) is 0 Å². The lowest BCUT2D eigenvalue weighted by atomic mass is 10.2. The zero-order chi connectivity index (χ0) is 16.6. The first kappa shape index (κ1) is 15.0. The van der Waals surface area contributed by atoms with Crippen LogP contribution in [0.25, 0.3) is 0 Å². The summed E-state index contributed by atoms with van der Waals surface area (Å²) in [6.07, 6.45) is 0. The van der Waals surface area contributed by atoms with Crippen molar-refractivity contribution in [3.63, 3.8) is 0 Å². The van der Waals surface area contributed by atoms with Crippen LogP contribution in [0.5, 0.6) is 0 Å². The van der Waals surface area contributed by atoms with Crippen molar-refractivity contribution >= 4 is 23.4 Å². The Morgan fingerprint density at radius 2 is 1.78 bits per heavy atom.